The average molecular weight is 515 g/mol. The molecule has 0 unspecified atom stereocenters. The van der Waals surface area contributed by atoms with Crippen LogP contribution < -0.4 is 10.3 Å². The molecule has 5 nitrogen and oxygen atoms in total. The van der Waals surface area contributed by atoms with Gasteiger partial charge in [0.2, 0.25) is 15.6 Å². The van der Waals surface area contributed by atoms with Crippen LogP contribution in [-0.2, 0) is 29.0 Å². The van der Waals surface area contributed by atoms with Gasteiger partial charge in [-0.25, -0.2) is 13.1 Å². The number of halogens is 3. The lowest BCUT2D eigenvalue weighted by molar-refractivity contribution is -0.136. The number of aromatic nitrogens is 1. The number of benzene rings is 3. The molecule has 1 heterocycles. The highest BCUT2D eigenvalue weighted by Gasteiger charge is 2.33. The van der Waals surface area contributed by atoms with Gasteiger partial charge in [0, 0.05) is 23.5 Å². The highest BCUT2D eigenvalue weighted by atomic mass is 32.2. The van der Waals surface area contributed by atoms with Crippen LogP contribution in [0.1, 0.15) is 35.1 Å². The summed E-state index contributed by atoms with van der Waals surface area (Å²) in [4.78, 5) is 14.1. The first-order valence-electron chi connectivity index (χ1n) is 11.5. The molecule has 0 amide bonds. The molecule has 2 N–H and O–H groups in total. The van der Waals surface area contributed by atoms with Crippen LogP contribution in [0.25, 0.3) is 10.9 Å². The molecule has 0 aliphatic carbocycles. The van der Waals surface area contributed by atoms with E-state index in [1.807, 2.05) is 30.3 Å². The van der Waals surface area contributed by atoms with Crippen molar-refractivity contribution in [3.63, 3.8) is 0 Å². The van der Waals surface area contributed by atoms with Crippen LogP contribution >= 0.6 is 0 Å². The maximum Gasteiger partial charge on any atom is 0.417 e. The van der Waals surface area contributed by atoms with Gasteiger partial charge >= 0.3 is 6.18 Å². The van der Waals surface area contributed by atoms with Crippen molar-refractivity contribution >= 4 is 20.9 Å². The Balaban J connectivity index is 1.39. The van der Waals surface area contributed by atoms with Gasteiger partial charge in [0.25, 0.3) is 0 Å². The number of aryl methyl sites for hydroxylation is 1. The standard InChI is InChI=1S/C27H25F3N2O3S/c28-27(29,30)24-18-26(33)32-25-14-11-21(17-23(24)25)16-20-9-12-22(13-10-20)36(34,35)31-15-5-4-8-19-6-2-1-3-7-19/h1-3,6-7,9-14,17-18,31H,4-5,8,15-16H2,(H,32,33). The van der Waals surface area contributed by atoms with E-state index in [2.05, 4.69) is 9.71 Å². The Bertz CT molecular complexity index is 1500. The van der Waals surface area contributed by atoms with Crippen LogP contribution in [0.5, 0.6) is 0 Å². The van der Waals surface area contributed by atoms with Gasteiger partial charge in [0.15, 0.2) is 0 Å². The lowest BCUT2D eigenvalue weighted by Gasteiger charge is -2.12. The van der Waals surface area contributed by atoms with Crippen LogP contribution in [0.3, 0.4) is 0 Å². The number of hydrogen-bond acceptors (Lipinski definition) is 3. The summed E-state index contributed by atoms with van der Waals surface area (Å²) in [6.45, 7) is 0.331. The SMILES string of the molecule is O=c1cc(C(F)(F)F)c2cc(Cc3ccc(S(=O)(=O)NCCCCc4ccccc4)cc3)ccc2[nH]1. The number of rotatable bonds is 9. The fraction of sp³-hybridized carbons (Fsp3) is 0.222. The second-order valence-corrected chi connectivity index (χ2v) is 10.4. The first-order valence-corrected chi connectivity index (χ1v) is 13.0. The van der Waals surface area contributed by atoms with Gasteiger partial charge in [-0.15, -0.1) is 0 Å². The first kappa shape index (κ1) is 25.7. The summed E-state index contributed by atoms with van der Waals surface area (Å²) in [6.07, 6.45) is -1.90. The Morgan fingerprint density at radius 1 is 0.806 bits per heavy atom. The van der Waals surface area contributed by atoms with E-state index >= 15 is 0 Å². The van der Waals surface area contributed by atoms with Crippen molar-refractivity contribution in [2.24, 2.45) is 0 Å². The van der Waals surface area contributed by atoms with Crippen LogP contribution in [0, 0.1) is 0 Å². The average Bonchev–Trinajstić information content (AvgIpc) is 2.84. The summed E-state index contributed by atoms with van der Waals surface area (Å²) in [6, 6.07) is 21.3. The van der Waals surface area contributed by atoms with Crippen LogP contribution in [0.4, 0.5) is 13.2 Å². The molecule has 188 valence electrons. The zero-order chi connectivity index (χ0) is 25.8. The predicted molar refractivity (Wildman–Crippen MR) is 133 cm³/mol. The molecular weight excluding hydrogens is 489 g/mol. The zero-order valence-corrected chi connectivity index (χ0v) is 20.1. The van der Waals surface area contributed by atoms with Crippen molar-refractivity contribution in [2.45, 2.75) is 36.8 Å². The van der Waals surface area contributed by atoms with Crippen molar-refractivity contribution in [3.05, 3.63) is 111 Å². The highest BCUT2D eigenvalue weighted by Crippen LogP contribution is 2.33. The van der Waals surface area contributed by atoms with Crippen LogP contribution in [-0.4, -0.2) is 19.9 Å². The largest absolute Gasteiger partial charge is 0.417 e. The number of aromatic amines is 1. The summed E-state index contributed by atoms with van der Waals surface area (Å²) in [5.41, 5.74) is 0.866. The van der Waals surface area contributed by atoms with Crippen LogP contribution in [0.2, 0.25) is 0 Å². The lowest BCUT2D eigenvalue weighted by Crippen LogP contribution is -2.24. The maximum absolute atomic E-state index is 13.4. The normalized spacial score (nSPS) is 12.2. The van der Waals surface area contributed by atoms with Crippen molar-refractivity contribution in [2.75, 3.05) is 6.54 Å². The van der Waals surface area contributed by atoms with E-state index in [0.29, 0.717) is 31.0 Å². The van der Waals surface area contributed by atoms with Gasteiger partial charge in [0.05, 0.1) is 10.5 Å². The van der Waals surface area contributed by atoms with Gasteiger partial charge in [-0.05, 0) is 66.6 Å². The van der Waals surface area contributed by atoms with E-state index in [1.54, 1.807) is 18.2 Å². The Morgan fingerprint density at radius 3 is 2.19 bits per heavy atom. The number of alkyl halides is 3. The molecule has 0 atom stereocenters. The molecule has 0 spiro atoms. The van der Waals surface area contributed by atoms with Gasteiger partial charge in [0.1, 0.15) is 0 Å². The number of hydrogen-bond donors (Lipinski definition) is 2. The monoisotopic (exact) mass is 514 g/mol. The van der Waals surface area contributed by atoms with Gasteiger partial charge in [-0.3, -0.25) is 4.79 Å². The molecular formula is C27H25F3N2O3S. The number of H-pyrrole nitrogens is 1. The third-order valence-corrected chi connectivity index (χ3v) is 7.36. The summed E-state index contributed by atoms with van der Waals surface area (Å²) < 4.78 is 68.0. The fourth-order valence-corrected chi connectivity index (χ4v) is 5.13. The molecule has 0 fully saturated rings. The maximum atomic E-state index is 13.4. The fourth-order valence-electron chi connectivity index (χ4n) is 4.06. The van der Waals surface area contributed by atoms with Crippen molar-refractivity contribution < 1.29 is 21.6 Å². The second-order valence-electron chi connectivity index (χ2n) is 8.59. The van der Waals surface area contributed by atoms with E-state index in [-0.39, 0.29) is 15.8 Å². The Hall–Kier alpha value is -3.43. The van der Waals surface area contributed by atoms with E-state index in [9.17, 15) is 26.4 Å². The summed E-state index contributed by atoms with van der Waals surface area (Å²) in [5, 5.41) is -0.0877. The number of pyridine rings is 1. The number of fused-ring (bicyclic) bond motifs is 1. The number of sulfonamides is 1. The zero-order valence-electron chi connectivity index (χ0n) is 19.3. The molecule has 1 aromatic heterocycles. The quantitative estimate of drug-likeness (QED) is 0.292. The number of nitrogens with one attached hydrogen (secondary N) is 2. The molecule has 36 heavy (non-hydrogen) atoms. The summed E-state index contributed by atoms with van der Waals surface area (Å²) in [7, 11) is -3.66. The van der Waals surface area contributed by atoms with Crippen molar-refractivity contribution in [3.8, 4) is 0 Å². The molecule has 0 saturated heterocycles. The molecule has 0 aliphatic rings. The minimum absolute atomic E-state index is 0.0877. The van der Waals surface area contributed by atoms with E-state index in [4.69, 9.17) is 0 Å². The molecule has 4 aromatic rings. The summed E-state index contributed by atoms with van der Waals surface area (Å²) >= 11 is 0. The van der Waals surface area contributed by atoms with Crippen LogP contribution in [0.15, 0.2) is 88.6 Å². The third-order valence-electron chi connectivity index (χ3n) is 5.88. The Labute approximate surface area is 207 Å². The first-order chi connectivity index (χ1) is 17.1. The molecule has 0 aliphatic heterocycles. The van der Waals surface area contributed by atoms with Crippen molar-refractivity contribution in [1.82, 2.24) is 9.71 Å². The van der Waals surface area contributed by atoms with E-state index in [1.165, 1.54) is 29.8 Å². The molecule has 0 bridgehead atoms. The lowest BCUT2D eigenvalue weighted by atomic mass is 10.0. The molecule has 4 rings (SSSR count). The van der Waals surface area contributed by atoms with Gasteiger partial charge in [-0.2, -0.15) is 13.2 Å². The van der Waals surface area contributed by atoms with Gasteiger partial charge in [-0.1, -0.05) is 48.5 Å². The Kier molecular flexibility index (Phi) is 7.61. The molecule has 0 saturated carbocycles. The minimum Gasteiger partial charge on any atom is -0.322 e. The smallest absolute Gasteiger partial charge is 0.322 e. The van der Waals surface area contributed by atoms with E-state index in [0.717, 1.165) is 18.4 Å². The topological polar surface area (TPSA) is 79.0 Å². The van der Waals surface area contributed by atoms with E-state index < -0.39 is 27.3 Å². The minimum atomic E-state index is -4.66. The van der Waals surface area contributed by atoms with Gasteiger partial charge < -0.3 is 4.98 Å². The second kappa shape index (κ2) is 10.7. The molecule has 0 radical (unpaired) electrons. The highest BCUT2D eigenvalue weighted by molar-refractivity contribution is 7.89. The predicted octanol–water partition coefficient (Wildman–Crippen LogP) is 5.44. The molecule has 9 heteroatoms. The molecule has 3 aromatic carbocycles. The third kappa shape index (κ3) is 6.41. The van der Waals surface area contributed by atoms with Crippen molar-refractivity contribution in [1.29, 1.82) is 0 Å². The Morgan fingerprint density at radius 2 is 1.50 bits per heavy atom. The summed E-state index contributed by atoms with van der Waals surface area (Å²) in [5.74, 6) is 0. The number of unbranched alkanes of at least 4 members (excludes halogenated alkanes) is 1.